The lowest BCUT2D eigenvalue weighted by Crippen LogP contribution is -2.31. The maximum Gasteiger partial charge on any atom is 0.115 e. The zero-order chi connectivity index (χ0) is 15.6. The molecule has 0 radical (unpaired) electrons. The first-order valence-electron chi connectivity index (χ1n) is 8.36. The Kier molecular flexibility index (Phi) is 9.98. The Balaban J connectivity index is 4.70. The summed E-state index contributed by atoms with van der Waals surface area (Å²) in [7, 11) is 0. The molecule has 3 unspecified atom stereocenters. The molecule has 0 spiro atoms. The van der Waals surface area contributed by atoms with Crippen LogP contribution in [0.5, 0.6) is 0 Å². The minimum absolute atomic E-state index is 0.319. The molecule has 0 bridgehead atoms. The van der Waals surface area contributed by atoms with E-state index in [1.165, 1.54) is 0 Å². The molecular formula is C18H34O2. The molecule has 0 saturated carbocycles. The molecule has 0 aliphatic heterocycles. The molecule has 0 saturated heterocycles. The lowest BCUT2D eigenvalue weighted by atomic mass is 9.66. The summed E-state index contributed by atoms with van der Waals surface area (Å²) in [6, 6.07) is 0. The molecular weight excluding hydrogens is 248 g/mol. The first-order valence-corrected chi connectivity index (χ1v) is 8.36. The normalized spacial score (nSPS) is 16.1. The second-order valence-electron chi connectivity index (χ2n) is 5.87. The van der Waals surface area contributed by atoms with Crippen molar-refractivity contribution in [3.05, 3.63) is 0 Å². The van der Waals surface area contributed by atoms with Gasteiger partial charge in [-0.15, -0.1) is 0 Å². The maximum absolute atomic E-state index is 10.1. The van der Waals surface area contributed by atoms with Crippen molar-refractivity contribution in [2.75, 3.05) is 0 Å². The highest BCUT2D eigenvalue weighted by molar-refractivity contribution is 5.09. The fourth-order valence-corrected chi connectivity index (χ4v) is 3.33. The van der Waals surface area contributed by atoms with Gasteiger partial charge < -0.3 is 10.2 Å². The Morgan fingerprint density at radius 3 is 1.75 bits per heavy atom. The number of aliphatic hydroxyl groups excluding tert-OH is 2. The Morgan fingerprint density at radius 2 is 1.35 bits per heavy atom. The molecule has 0 amide bonds. The third kappa shape index (κ3) is 5.85. The van der Waals surface area contributed by atoms with E-state index in [-0.39, 0.29) is 0 Å². The van der Waals surface area contributed by atoms with Gasteiger partial charge in [-0.1, -0.05) is 78.6 Å². The highest BCUT2D eigenvalue weighted by Gasteiger charge is 2.33. The van der Waals surface area contributed by atoms with E-state index in [9.17, 15) is 10.2 Å². The molecule has 0 aromatic heterocycles. The summed E-state index contributed by atoms with van der Waals surface area (Å²) in [5.74, 6) is 6.10. The summed E-state index contributed by atoms with van der Waals surface area (Å²) in [5.41, 5.74) is 0.319. The number of hydrogen-bond donors (Lipinski definition) is 2. The van der Waals surface area contributed by atoms with Crippen LogP contribution >= 0.6 is 0 Å². The molecule has 0 aromatic carbocycles. The van der Waals surface area contributed by atoms with Gasteiger partial charge in [-0.25, -0.2) is 0 Å². The second kappa shape index (κ2) is 10.2. The van der Waals surface area contributed by atoms with Crippen LogP contribution in [0.1, 0.15) is 79.6 Å². The predicted molar refractivity (Wildman–Crippen MR) is 86.4 cm³/mol. The van der Waals surface area contributed by atoms with Crippen molar-refractivity contribution in [3.63, 3.8) is 0 Å². The molecule has 0 heterocycles. The van der Waals surface area contributed by atoms with E-state index < -0.39 is 12.2 Å². The average molecular weight is 282 g/mol. The summed E-state index contributed by atoms with van der Waals surface area (Å²) in [6.45, 7) is 11.0. The van der Waals surface area contributed by atoms with Gasteiger partial charge in [0.1, 0.15) is 12.2 Å². The molecule has 0 rings (SSSR count). The summed E-state index contributed by atoms with van der Waals surface area (Å²) >= 11 is 0. The maximum atomic E-state index is 10.1. The van der Waals surface area contributed by atoms with Crippen LogP contribution in [0.15, 0.2) is 0 Å². The fraction of sp³-hybridized carbons (Fsp3) is 0.889. The fourth-order valence-electron chi connectivity index (χ4n) is 3.33. The van der Waals surface area contributed by atoms with Crippen molar-refractivity contribution in [1.82, 2.24) is 0 Å². The van der Waals surface area contributed by atoms with E-state index in [4.69, 9.17) is 0 Å². The van der Waals surface area contributed by atoms with Gasteiger partial charge in [-0.05, 0) is 24.2 Å². The predicted octanol–water partition coefficient (Wildman–Crippen LogP) is 4.14. The largest absolute Gasteiger partial charge is 0.380 e. The van der Waals surface area contributed by atoms with E-state index in [1.807, 2.05) is 6.92 Å². The Hall–Kier alpha value is -0.520. The van der Waals surface area contributed by atoms with E-state index in [0.29, 0.717) is 17.8 Å². The van der Waals surface area contributed by atoms with Gasteiger partial charge in [0, 0.05) is 0 Å². The zero-order valence-corrected chi connectivity index (χ0v) is 14.1. The van der Waals surface area contributed by atoms with Gasteiger partial charge in [0.2, 0.25) is 0 Å². The van der Waals surface area contributed by atoms with Crippen LogP contribution in [0.25, 0.3) is 0 Å². The van der Waals surface area contributed by atoms with Crippen LogP contribution in [0.3, 0.4) is 0 Å². The van der Waals surface area contributed by atoms with Gasteiger partial charge in [-0.2, -0.15) is 0 Å². The van der Waals surface area contributed by atoms with Crippen molar-refractivity contribution in [2.24, 2.45) is 11.3 Å². The van der Waals surface area contributed by atoms with Gasteiger partial charge in [0.25, 0.3) is 0 Å². The van der Waals surface area contributed by atoms with E-state index in [1.54, 1.807) is 0 Å². The molecule has 118 valence electrons. The third-order valence-corrected chi connectivity index (χ3v) is 4.96. The zero-order valence-electron chi connectivity index (χ0n) is 14.1. The van der Waals surface area contributed by atoms with Gasteiger partial charge in [-0.3, -0.25) is 0 Å². The summed E-state index contributed by atoms with van der Waals surface area (Å²) < 4.78 is 0. The molecule has 0 aliphatic carbocycles. The quantitative estimate of drug-likeness (QED) is 0.624. The van der Waals surface area contributed by atoms with Gasteiger partial charge in [0.05, 0.1) is 0 Å². The topological polar surface area (TPSA) is 40.5 Å². The molecule has 0 aromatic rings. The van der Waals surface area contributed by atoms with Gasteiger partial charge in [0.15, 0.2) is 0 Å². The van der Waals surface area contributed by atoms with Crippen LogP contribution in [0.4, 0.5) is 0 Å². The molecule has 0 aliphatic rings. The molecule has 2 heteroatoms. The standard InChI is InChI=1S/C18H34O2/c1-6-11-16(19)12-13-17(20)14-15(7-2)18(8-3,9-4)10-5/h15-17,19-20H,6-11,14H2,1-5H3. The molecule has 0 fully saturated rings. The first-order chi connectivity index (χ1) is 9.49. The van der Waals surface area contributed by atoms with E-state index in [0.717, 1.165) is 38.5 Å². The second-order valence-corrected chi connectivity index (χ2v) is 5.87. The van der Waals surface area contributed by atoms with Crippen molar-refractivity contribution in [2.45, 2.75) is 91.8 Å². The third-order valence-electron chi connectivity index (χ3n) is 4.96. The summed E-state index contributed by atoms with van der Waals surface area (Å²) in [4.78, 5) is 0. The summed E-state index contributed by atoms with van der Waals surface area (Å²) in [5, 5.41) is 19.7. The Morgan fingerprint density at radius 1 is 0.850 bits per heavy atom. The van der Waals surface area contributed by atoms with Crippen molar-refractivity contribution < 1.29 is 10.2 Å². The first kappa shape index (κ1) is 19.5. The highest BCUT2D eigenvalue weighted by Crippen LogP contribution is 2.42. The minimum Gasteiger partial charge on any atom is -0.380 e. The van der Waals surface area contributed by atoms with Crippen molar-refractivity contribution >= 4 is 0 Å². The van der Waals surface area contributed by atoms with E-state index >= 15 is 0 Å². The molecule has 2 nitrogen and oxygen atoms in total. The summed E-state index contributed by atoms with van der Waals surface area (Å²) in [6.07, 6.45) is 5.63. The number of rotatable bonds is 9. The SMILES string of the molecule is CCCC(O)C#CC(O)CC(CC)C(CC)(CC)CC. The molecule has 3 atom stereocenters. The van der Waals surface area contributed by atoms with Crippen LogP contribution in [0, 0.1) is 23.2 Å². The van der Waals surface area contributed by atoms with Crippen LogP contribution in [-0.2, 0) is 0 Å². The Labute approximate surface area is 126 Å². The lowest BCUT2D eigenvalue weighted by molar-refractivity contribution is 0.0825. The highest BCUT2D eigenvalue weighted by atomic mass is 16.3. The molecule has 20 heavy (non-hydrogen) atoms. The average Bonchev–Trinajstić information content (AvgIpc) is 2.46. The monoisotopic (exact) mass is 282 g/mol. The van der Waals surface area contributed by atoms with Crippen LogP contribution in [-0.4, -0.2) is 22.4 Å². The minimum atomic E-state index is -0.615. The van der Waals surface area contributed by atoms with Crippen molar-refractivity contribution in [3.8, 4) is 11.8 Å². The number of hydrogen-bond acceptors (Lipinski definition) is 2. The van der Waals surface area contributed by atoms with Crippen LogP contribution < -0.4 is 0 Å². The number of aliphatic hydroxyl groups is 2. The lowest BCUT2D eigenvalue weighted by Gasteiger charge is -2.39. The molecule has 2 N–H and O–H groups in total. The van der Waals surface area contributed by atoms with Gasteiger partial charge >= 0.3 is 0 Å². The van der Waals surface area contributed by atoms with Crippen molar-refractivity contribution in [1.29, 1.82) is 0 Å². The van der Waals surface area contributed by atoms with Crippen LogP contribution in [0.2, 0.25) is 0 Å². The van der Waals surface area contributed by atoms with E-state index in [2.05, 4.69) is 39.5 Å². The smallest absolute Gasteiger partial charge is 0.115 e. The Bertz CT molecular complexity index is 288.